The molecule has 0 saturated carbocycles. The number of benzene rings is 3. The normalized spacial score (nSPS) is 10.3. The minimum atomic E-state index is -0.241. The van der Waals surface area contributed by atoms with Gasteiger partial charge in [0.1, 0.15) is 18.2 Å². The van der Waals surface area contributed by atoms with Gasteiger partial charge in [0, 0.05) is 11.6 Å². The maximum absolute atomic E-state index is 12.9. The second-order valence-corrected chi connectivity index (χ2v) is 4.69. The van der Waals surface area contributed by atoms with Crippen LogP contribution in [-0.2, 0) is 6.61 Å². The van der Waals surface area contributed by atoms with Crippen molar-refractivity contribution < 1.29 is 9.13 Å². The fourth-order valence-electron chi connectivity index (χ4n) is 2.12. The second-order valence-electron chi connectivity index (χ2n) is 4.69. The predicted octanol–water partition coefficient (Wildman–Crippen LogP) is 4.87. The summed E-state index contributed by atoms with van der Waals surface area (Å²) in [6.07, 6.45) is 0. The number of para-hydroxylation sites is 1. The zero-order valence-corrected chi connectivity index (χ0v) is 11.4. The molecule has 0 saturated heterocycles. The Morgan fingerprint density at radius 3 is 2.38 bits per heavy atom. The zero-order chi connectivity index (χ0) is 14.5. The van der Waals surface area contributed by atoms with Crippen molar-refractivity contribution in [1.29, 1.82) is 0 Å². The van der Waals surface area contributed by atoms with Gasteiger partial charge in [0.05, 0.1) is 0 Å². The molecular weight excluding hydrogens is 263 g/mol. The SMILES string of the molecule is Fc1ccc(COc2[c]cccc2-c2ccccc2)cc1. The highest BCUT2D eigenvalue weighted by atomic mass is 19.1. The minimum absolute atomic E-state index is 0.241. The van der Waals surface area contributed by atoms with Gasteiger partial charge in [-0.15, -0.1) is 0 Å². The van der Waals surface area contributed by atoms with E-state index in [4.69, 9.17) is 4.74 Å². The van der Waals surface area contributed by atoms with Gasteiger partial charge in [-0.1, -0.05) is 60.7 Å². The molecule has 21 heavy (non-hydrogen) atoms. The monoisotopic (exact) mass is 277 g/mol. The van der Waals surface area contributed by atoms with E-state index in [9.17, 15) is 4.39 Å². The molecule has 0 aromatic heterocycles. The molecule has 1 radical (unpaired) electrons. The Balaban J connectivity index is 1.81. The van der Waals surface area contributed by atoms with Crippen molar-refractivity contribution in [2.45, 2.75) is 6.61 Å². The van der Waals surface area contributed by atoms with Gasteiger partial charge in [0.2, 0.25) is 0 Å². The molecule has 0 atom stereocenters. The topological polar surface area (TPSA) is 9.23 Å². The van der Waals surface area contributed by atoms with Gasteiger partial charge in [-0.05, 0) is 23.3 Å². The van der Waals surface area contributed by atoms with Crippen LogP contribution in [0.4, 0.5) is 4.39 Å². The van der Waals surface area contributed by atoms with Crippen LogP contribution in [0.25, 0.3) is 11.1 Å². The van der Waals surface area contributed by atoms with Crippen LogP contribution in [0.3, 0.4) is 0 Å². The predicted molar refractivity (Wildman–Crippen MR) is 81.4 cm³/mol. The summed E-state index contributed by atoms with van der Waals surface area (Å²) in [5.74, 6) is 0.461. The van der Waals surface area contributed by atoms with Crippen LogP contribution >= 0.6 is 0 Å². The lowest BCUT2D eigenvalue weighted by Gasteiger charge is -2.11. The number of hydrogen-bond donors (Lipinski definition) is 0. The van der Waals surface area contributed by atoms with E-state index in [1.807, 2.05) is 48.5 Å². The van der Waals surface area contributed by atoms with Crippen LogP contribution in [0, 0.1) is 11.9 Å². The average Bonchev–Trinajstić information content (AvgIpc) is 2.55. The van der Waals surface area contributed by atoms with Crippen molar-refractivity contribution >= 4 is 0 Å². The Labute approximate surface area is 123 Å². The molecule has 3 aromatic carbocycles. The first-order chi connectivity index (χ1) is 10.3. The number of hydrogen-bond acceptors (Lipinski definition) is 1. The Morgan fingerprint density at radius 2 is 1.62 bits per heavy atom. The van der Waals surface area contributed by atoms with Gasteiger partial charge in [0.25, 0.3) is 0 Å². The number of rotatable bonds is 4. The molecule has 0 aliphatic rings. The Hall–Kier alpha value is -2.61. The molecule has 0 heterocycles. The maximum atomic E-state index is 12.9. The largest absolute Gasteiger partial charge is 0.488 e. The summed E-state index contributed by atoms with van der Waals surface area (Å²) in [5, 5.41) is 0. The van der Waals surface area contributed by atoms with Crippen molar-refractivity contribution in [1.82, 2.24) is 0 Å². The summed E-state index contributed by atoms with van der Waals surface area (Å²) in [6, 6.07) is 25.2. The van der Waals surface area contributed by atoms with E-state index in [0.29, 0.717) is 12.4 Å². The quantitative estimate of drug-likeness (QED) is 0.661. The fourth-order valence-corrected chi connectivity index (χ4v) is 2.12. The van der Waals surface area contributed by atoms with Crippen molar-refractivity contribution in [2.75, 3.05) is 0 Å². The van der Waals surface area contributed by atoms with E-state index < -0.39 is 0 Å². The zero-order valence-electron chi connectivity index (χ0n) is 11.4. The van der Waals surface area contributed by atoms with E-state index in [1.165, 1.54) is 12.1 Å². The minimum Gasteiger partial charge on any atom is -0.488 e. The Bertz CT molecular complexity index is 705. The second kappa shape index (κ2) is 6.23. The summed E-state index contributed by atoms with van der Waals surface area (Å²) in [4.78, 5) is 0. The lowest BCUT2D eigenvalue weighted by molar-refractivity contribution is 0.306. The summed E-state index contributed by atoms with van der Waals surface area (Å²) in [7, 11) is 0. The highest BCUT2D eigenvalue weighted by molar-refractivity contribution is 5.69. The third-order valence-electron chi connectivity index (χ3n) is 3.20. The first-order valence-corrected chi connectivity index (χ1v) is 6.76. The molecule has 0 aliphatic carbocycles. The van der Waals surface area contributed by atoms with Gasteiger partial charge in [0.15, 0.2) is 0 Å². The van der Waals surface area contributed by atoms with E-state index >= 15 is 0 Å². The van der Waals surface area contributed by atoms with Crippen LogP contribution in [-0.4, -0.2) is 0 Å². The first kappa shape index (κ1) is 13.4. The molecule has 0 bridgehead atoms. The molecule has 0 aliphatic heterocycles. The molecule has 3 aromatic rings. The molecule has 0 unspecified atom stereocenters. The molecule has 2 heteroatoms. The van der Waals surface area contributed by atoms with Crippen LogP contribution in [0.5, 0.6) is 5.75 Å². The number of halogens is 1. The highest BCUT2D eigenvalue weighted by Crippen LogP contribution is 2.29. The maximum Gasteiger partial charge on any atom is 0.135 e. The smallest absolute Gasteiger partial charge is 0.135 e. The van der Waals surface area contributed by atoms with Crippen molar-refractivity contribution in [3.8, 4) is 16.9 Å². The lowest BCUT2D eigenvalue weighted by atomic mass is 10.0. The Kier molecular flexibility index (Phi) is 3.97. The van der Waals surface area contributed by atoms with E-state index in [-0.39, 0.29) is 5.82 Å². The third kappa shape index (κ3) is 3.29. The summed E-state index contributed by atoms with van der Waals surface area (Å²) < 4.78 is 18.7. The molecule has 103 valence electrons. The van der Waals surface area contributed by atoms with E-state index in [0.717, 1.165) is 16.7 Å². The number of ether oxygens (including phenoxy) is 1. The first-order valence-electron chi connectivity index (χ1n) is 6.76. The van der Waals surface area contributed by atoms with Crippen LogP contribution in [0.15, 0.2) is 72.8 Å². The van der Waals surface area contributed by atoms with Crippen LogP contribution < -0.4 is 4.74 Å². The molecular formula is C19H14FO. The van der Waals surface area contributed by atoms with Gasteiger partial charge in [-0.2, -0.15) is 0 Å². The Morgan fingerprint density at radius 1 is 0.857 bits per heavy atom. The van der Waals surface area contributed by atoms with Gasteiger partial charge in [-0.25, -0.2) is 4.39 Å². The van der Waals surface area contributed by atoms with Gasteiger partial charge in [-0.3, -0.25) is 0 Å². The lowest BCUT2D eigenvalue weighted by Crippen LogP contribution is -1.97. The highest BCUT2D eigenvalue weighted by Gasteiger charge is 2.06. The van der Waals surface area contributed by atoms with Crippen LogP contribution in [0.1, 0.15) is 5.56 Å². The molecule has 1 nitrogen and oxygen atoms in total. The molecule has 0 N–H and O–H groups in total. The fraction of sp³-hybridized carbons (Fsp3) is 0.0526. The van der Waals surface area contributed by atoms with Crippen molar-refractivity contribution in [2.24, 2.45) is 0 Å². The van der Waals surface area contributed by atoms with Gasteiger partial charge >= 0.3 is 0 Å². The van der Waals surface area contributed by atoms with Crippen molar-refractivity contribution in [3.05, 3.63) is 90.2 Å². The van der Waals surface area contributed by atoms with Crippen LogP contribution in [0.2, 0.25) is 0 Å². The van der Waals surface area contributed by atoms with E-state index in [1.54, 1.807) is 12.1 Å². The standard InChI is InChI=1S/C19H14FO/c20-17-12-10-15(11-13-17)14-21-19-9-5-4-8-18(19)16-6-2-1-3-7-16/h1-8,10-13H,14H2. The van der Waals surface area contributed by atoms with Crippen molar-refractivity contribution in [3.63, 3.8) is 0 Å². The summed E-state index contributed by atoms with van der Waals surface area (Å²) in [5.41, 5.74) is 3.01. The molecule has 0 amide bonds. The molecule has 0 spiro atoms. The average molecular weight is 277 g/mol. The summed E-state index contributed by atoms with van der Waals surface area (Å²) in [6.45, 7) is 0.390. The summed E-state index contributed by atoms with van der Waals surface area (Å²) >= 11 is 0. The molecule has 3 rings (SSSR count). The van der Waals surface area contributed by atoms with Gasteiger partial charge < -0.3 is 4.74 Å². The third-order valence-corrected chi connectivity index (χ3v) is 3.20. The molecule has 0 fully saturated rings. The van der Waals surface area contributed by atoms with E-state index in [2.05, 4.69) is 6.07 Å².